The Kier molecular flexibility index (Phi) is 1.71. The van der Waals surface area contributed by atoms with Crippen molar-refractivity contribution in [3.63, 3.8) is 0 Å². The molecule has 0 aromatic carbocycles. The summed E-state index contributed by atoms with van der Waals surface area (Å²) >= 11 is 1.87. The highest BCUT2D eigenvalue weighted by Gasteiger charge is 2.15. The molecule has 0 aliphatic carbocycles. The average molecular weight is 168 g/mol. The number of hydrazine groups is 1. The van der Waals surface area contributed by atoms with Gasteiger partial charge >= 0.3 is 0 Å². The van der Waals surface area contributed by atoms with E-state index in [1.54, 1.807) is 0 Å². The van der Waals surface area contributed by atoms with E-state index in [1.165, 1.54) is 15.3 Å². The molecule has 2 rings (SSSR count). The van der Waals surface area contributed by atoms with Crippen LogP contribution >= 0.6 is 11.3 Å². The van der Waals surface area contributed by atoms with E-state index in [4.69, 9.17) is 5.84 Å². The lowest BCUT2D eigenvalue weighted by molar-refractivity contribution is 0.266. The predicted molar refractivity (Wildman–Crippen MR) is 47.4 cm³/mol. The normalized spacial score (nSPS) is 18.4. The lowest BCUT2D eigenvalue weighted by Crippen LogP contribution is -2.35. The number of hydrogen-bond acceptors (Lipinski definition) is 3. The molecule has 0 amide bonds. The van der Waals surface area contributed by atoms with Gasteiger partial charge < -0.3 is 0 Å². The van der Waals surface area contributed by atoms with Crippen LogP contribution in [0.15, 0.2) is 6.07 Å². The van der Waals surface area contributed by atoms with E-state index >= 15 is 0 Å². The molecule has 1 aromatic heterocycles. The van der Waals surface area contributed by atoms with Gasteiger partial charge in [-0.15, -0.1) is 11.3 Å². The number of nitrogens with two attached hydrogens (primary N) is 1. The molecule has 0 unspecified atom stereocenters. The number of fused-ring (bicyclic) bond motifs is 1. The molecule has 2 nitrogen and oxygen atoms in total. The Bertz CT molecular complexity index is 267. The minimum Gasteiger partial charge on any atom is -0.268 e. The van der Waals surface area contributed by atoms with Crippen molar-refractivity contribution in [2.75, 3.05) is 6.54 Å². The lowest BCUT2D eigenvalue weighted by atomic mass is 10.1. The first kappa shape index (κ1) is 7.28. The molecule has 3 heteroatoms. The predicted octanol–water partition coefficient (Wildman–Crippen LogP) is 1.29. The fraction of sp³-hybridized carbons (Fsp3) is 0.500. The lowest BCUT2D eigenvalue weighted by Gasteiger charge is -2.21. The van der Waals surface area contributed by atoms with Crippen LogP contribution in [-0.4, -0.2) is 11.6 Å². The molecule has 60 valence electrons. The second kappa shape index (κ2) is 2.59. The molecular formula is C8H12N2S. The molecule has 0 bridgehead atoms. The minimum atomic E-state index is 0.938. The highest BCUT2D eigenvalue weighted by Crippen LogP contribution is 2.26. The first-order valence-corrected chi connectivity index (χ1v) is 4.65. The van der Waals surface area contributed by atoms with E-state index < -0.39 is 0 Å². The fourth-order valence-electron chi connectivity index (χ4n) is 1.49. The first-order chi connectivity index (χ1) is 5.25. The molecule has 0 fully saturated rings. The smallest absolute Gasteiger partial charge is 0.0476 e. The summed E-state index contributed by atoms with van der Waals surface area (Å²) in [6.07, 6.45) is 1.12. The zero-order valence-corrected chi connectivity index (χ0v) is 7.45. The Hall–Kier alpha value is -0.380. The molecule has 2 N–H and O–H groups in total. The van der Waals surface area contributed by atoms with Crippen LogP contribution < -0.4 is 5.84 Å². The first-order valence-electron chi connectivity index (χ1n) is 3.83. The van der Waals surface area contributed by atoms with Gasteiger partial charge in [0.1, 0.15) is 0 Å². The Morgan fingerprint density at radius 3 is 3.27 bits per heavy atom. The highest BCUT2D eigenvalue weighted by atomic mass is 32.1. The molecule has 0 saturated carbocycles. The molecule has 0 saturated heterocycles. The quantitative estimate of drug-likeness (QED) is 0.591. The zero-order valence-electron chi connectivity index (χ0n) is 6.63. The van der Waals surface area contributed by atoms with E-state index in [1.807, 2.05) is 16.3 Å². The van der Waals surface area contributed by atoms with E-state index in [9.17, 15) is 0 Å². The summed E-state index contributed by atoms with van der Waals surface area (Å²) in [4.78, 5) is 2.86. The number of thiophene rings is 1. The second-order valence-electron chi connectivity index (χ2n) is 3.03. The second-order valence-corrected chi connectivity index (χ2v) is 4.37. The van der Waals surface area contributed by atoms with Gasteiger partial charge in [0.15, 0.2) is 0 Å². The van der Waals surface area contributed by atoms with Crippen LogP contribution in [0, 0.1) is 6.92 Å². The van der Waals surface area contributed by atoms with Crippen LogP contribution in [0.4, 0.5) is 0 Å². The van der Waals surface area contributed by atoms with Gasteiger partial charge in [-0.3, -0.25) is 5.84 Å². The van der Waals surface area contributed by atoms with Crippen LogP contribution in [0.5, 0.6) is 0 Å². The van der Waals surface area contributed by atoms with E-state index in [-0.39, 0.29) is 0 Å². The topological polar surface area (TPSA) is 29.3 Å². The largest absolute Gasteiger partial charge is 0.268 e. The van der Waals surface area contributed by atoms with Gasteiger partial charge in [-0.05, 0) is 25.0 Å². The van der Waals surface area contributed by atoms with Crippen molar-refractivity contribution in [2.45, 2.75) is 19.9 Å². The van der Waals surface area contributed by atoms with Gasteiger partial charge in [0, 0.05) is 22.8 Å². The molecule has 1 aromatic rings. The standard InChI is InChI=1S/C8H12N2S/c1-6-4-7-2-3-10(9)5-8(7)11-6/h4H,2-3,5,9H2,1H3. The summed E-state index contributed by atoms with van der Waals surface area (Å²) in [5, 5.41) is 1.89. The van der Waals surface area contributed by atoms with Crippen molar-refractivity contribution in [2.24, 2.45) is 5.84 Å². The van der Waals surface area contributed by atoms with Crippen molar-refractivity contribution in [3.8, 4) is 0 Å². The third-order valence-corrected chi connectivity index (χ3v) is 3.11. The summed E-state index contributed by atoms with van der Waals surface area (Å²) in [6.45, 7) is 4.10. The molecule has 11 heavy (non-hydrogen) atoms. The Balaban J connectivity index is 2.34. The van der Waals surface area contributed by atoms with Crippen molar-refractivity contribution >= 4 is 11.3 Å². The van der Waals surface area contributed by atoms with Crippen molar-refractivity contribution in [1.29, 1.82) is 0 Å². The maximum atomic E-state index is 5.70. The third kappa shape index (κ3) is 1.31. The number of hydrogen-bond donors (Lipinski definition) is 1. The van der Waals surface area contributed by atoms with Gasteiger partial charge in [-0.25, -0.2) is 5.01 Å². The highest BCUT2D eigenvalue weighted by molar-refractivity contribution is 7.12. The molecule has 1 aliphatic rings. The molecule has 1 aliphatic heterocycles. The Morgan fingerprint density at radius 1 is 1.64 bits per heavy atom. The zero-order chi connectivity index (χ0) is 7.84. The van der Waals surface area contributed by atoms with Crippen LogP contribution in [-0.2, 0) is 13.0 Å². The summed E-state index contributed by atoms with van der Waals surface area (Å²) in [5.41, 5.74) is 1.51. The molecule has 2 heterocycles. The molecule has 0 spiro atoms. The van der Waals surface area contributed by atoms with Crippen LogP contribution in [0.3, 0.4) is 0 Å². The SMILES string of the molecule is Cc1cc2c(s1)CN(N)CC2. The summed E-state index contributed by atoms with van der Waals surface area (Å²) in [5.74, 6) is 5.70. The van der Waals surface area contributed by atoms with Crippen LogP contribution in [0.25, 0.3) is 0 Å². The maximum absolute atomic E-state index is 5.70. The fourth-order valence-corrected chi connectivity index (χ4v) is 2.60. The van der Waals surface area contributed by atoms with Crippen molar-refractivity contribution in [3.05, 3.63) is 21.4 Å². The number of aryl methyl sites for hydroxylation is 1. The Morgan fingerprint density at radius 2 is 2.45 bits per heavy atom. The number of rotatable bonds is 0. The van der Waals surface area contributed by atoms with Crippen LogP contribution in [0.2, 0.25) is 0 Å². The van der Waals surface area contributed by atoms with Gasteiger partial charge in [-0.1, -0.05) is 0 Å². The monoisotopic (exact) mass is 168 g/mol. The Labute approximate surface area is 70.6 Å². The molecular weight excluding hydrogens is 156 g/mol. The summed E-state index contributed by atoms with van der Waals surface area (Å²) in [7, 11) is 0. The van der Waals surface area contributed by atoms with E-state index in [2.05, 4.69) is 13.0 Å². The third-order valence-electron chi connectivity index (χ3n) is 2.03. The minimum absolute atomic E-state index is 0.938. The summed E-state index contributed by atoms with van der Waals surface area (Å²) in [6, 6.07) is 2.28. The van der Waals surface area contributed by atoms with Gasteiger partial charge in [0.05, 0.1) is 0 Å². The molecule has 0 atom stereocenters. The molecule has 0 radical (unpaired) electrons. The van der Waals surface area contributed by atoms with Gasteiger partial charge in [0.25, 0.3) is 0 Å². The summed E-state index contributed by atoms with van der Waals surface area (Å²) < 4.78 is 0. The van der Waals surface area contributed by atoms with E-state index in [0.29, 0.717) is 0 Å². The van der Waals surface area contributed by atoms with Crippen LogP contribution in [0.1, 0.15) is 15.3 Å². The van der Waals surface area contributed by atoms with E-state index in [0.717, 1.165) is 19.5 Å². The average Bonchev–Trinajstić information content (AvgIpc) is 2.27. The van der Waals surface area contributed by atoms with Gasteiger partial charge in [0.2, 0.25) is 0 Å². The van der Waals surface area contributed by atoms with Crippen molar-refractivity contribution in [1.82, 2.24) is 5.01 Å². The van der Waals surface area contributed by atoms with Crippen molar-refractivity contribution < 1.29 is 0 Å². The van der Waals surface area contributed by atoms with Gasteiger partial charge in [-0.2, -0.15) is 0 Å². The maximum Gasteiger partial charge on any atom is 0.0476 e. The number of nitrogens with zero attached hydrogens (tertiary/aromatic N) is 1.